The van der Waals surface area contributed by atoms with Crippen LogP contribution in [0.2, 0.25) is 0 Å². The number of primary sulfonamides is 1. The van der Waals surface area contributed by atoms with Crippen LogP contribution in [-0.4, -0.2) is 34.1 Å². The maximum Gasteiger partial charge on any atom is 0.238 e. The van der Waals surface area contributed by atoms with E-state index in [0.29, 0.717) is 24.8 Å². The van der Waals surface area contributed by atoms with Gasteiger partial charge in [-0.05, 0) is 36.8 Å². The summed E-state index contributed by atoms with van der Waals surface area (Å²) in [6.07, 6.45) is -0.209. The first-order chi connectivity index (χ1) is 12.8. The summed E-state index contributed by atoms with van der Waals surface area (Å²) in [7, 11) is -2.06. The van der Waals surface area contributed by atoms with Gasteiger partial charge in [0.15, 0.2) is 5.96 Å². The van der Waals surface area contributed by atoms with Crippen LogP contribution in [0.3, 0.4) is 0 Å². The van der Waals surface area contributed by atoms with Crippen molar-refractivity contribution in [2.75, 3.05) is 13.6 Å². The zero-order valence-corrected chi connectivity index (χ0v) is 16.0. The Bertz CT molecular complexity index is 886. The lowest BCUT2D eigenvalue weighted by molar-refractivity contribution is 0.223. The molecular formula is C18H23FN4O3S. The number of halogens is 1. The molecule has 9 heteroatoms. The summed E-state index contributed by atoms with van der Waals surface area (Å²) in [6.45, 7) is 2.77. The minimum Gasteiger partial charge on any atom is -0.489 e. The van der Waals surface area contributed by atoms with Gasteiger partial charge in [-0.3, -0.25) is 4.99 Å². The molecule has 7 nitrogen and oxygen atoms in total. The lowest BCUT2D eigenvalue weighted by Crippen LogP contribution is -2.41. The Morgan fingerprint density at radius 1 is 1.22 bits per heavy atom. The van der Waals surface area contributed by atoms with Crippen LogP contribution in [0.4, 0.5) is 4.39 Å². The summed E-state index contributed by atoms with van der Waals surface area (Å²) in [5.74, 6) is 0.668. The SMILES string of the molecule is CN=C(NCc1ccc(S(N)(=O)=O)cc1)NCC(C)Oc1cccc(F)c1. The molecule has 0 aliphatic heterocycles. The summed E-state index contributed by atoms with van der Waals surface area (Å²) in [5.41, 5.74) is 0.870. The van der Waals surface area contributed by atoms with Crippen LogP contribution in [-0.2, 0) is 16.6 Å². The Morgan fingerprint density at radius 2 is 1.93 bits per heavy atom. The second-order valence-corrected chi connectivity index (χ2v) is 7.44. The van der Waals surface area contributed by atoms with Crippen molar-refractivity contribution in [3.8, 4) is 5.75 Å². The van der Waals surface area contributed by atoms with Gasteiger partial charge in [0, 0.05) is 19.7 Å². The number of ether oxygens (including phenoxy) is 1. The Labute approximate surface area is 158 Å². The maximum atomic E-state index is 13.2. The highest BCUT2D eigenvalue weighted by Gasteiger charge is 2.08. The van der Waals surface area contributed by atoms with Crippen molar-refractivity contribution in [1.29, 1.82) is 0 Å². The van der Waals surface area contributed by atoms with Crippen molar-refractivity contribution < 1.29 is 17.5 Å². The van der Waals surface area contributed by atoms with Crippen molar-refractivity contribution >= 4 is 16.0 Å². The normalized spacial score (nSPS) is 13.1. The predicted octanol–water partition coefficient (Wildman–Crippen LogP) is 1.61. The number of hydrogen-bond donors (Lipinski definition) is 3. The summed E-state index contributed by atoms with van der Waals surface area (Å²) in [6, 6.07) is 12.2. The number of guanidine groups is 1. The largest absolute Gasteiger partial charge is 0.489 e. The smallest absolute Gasteiger partial charge is 0.238 e. The van der Waals surface area contributed by atoms with Crippen LogP contribution >= 0.6 is 0 Å². The molecule has 4 N–H and O–H groups in total. The monoisotopic (exact) mass is 394 g/mol. The minimum atomic E-state index is -3.70. The predicted molar refractivity (Wildman–Crippen MR) is 103 cm³/mol. The van der Waals surface area contributed by atoms with Gasteiger partial charge < -0.3 is 15.4 Å². The third-order valence-electron chi connectivity index (χ3n) is 3.63. The van der Waals surface area contributed by atoms with Crippen LogP contribution in [0.5, 0.6) is 5.75 Å². The summed E-state index contributed by atoms with van der Waals surface area (Å²) >= 11 is 0. The zero-order valence-electron chi connectivity index (χ0n) is 15.1. The average molecular weight is 394 g/mol. The van der Waals surface area contributed by atoms with E-state index in [9.17, 15) is 12.8 Å². The number of rotatable bonds is 7. The van der Waals surface area contributed by atoms with Crippen LogP contribution in [0.1, 0.15) is 12.5 Å². The fourth-order valence-corrected chi connectivity index (χ4v) is 2.77. The number of benzene rings is 2. The van der Waals surface area contributed by atoms with Crippen molar-refractivity contribution in [2.45, 2.75) is 24.5 Å². The molecule has 2 aromatic carbocycles. The number of aliphatic imine (C=N–C) groups is 1. The van der Waals surface area contributed by atoms with Gasteiger partial charge in [-0.25, -0.2) is 17.9 Å². The molecule has 0 radical (unpaired) electrons. The van der Waals surface area contributed by atoms with Gasteiger partial charge in [-0.1, -0.05) is 18.2 Å². The van der Waals surface area contributed by atoms with E-state index < -0.39 is 10.0 Å². The van der Waals surface area contributed by atoms with Crippen LogP contribution in [0.15, 0.2) is 58.4 Å². The first kappa shape index (κ1) is 20.7. The van der Waals surface area contributed by atoms with Crippen LogP contribution in [0.25, 0.3) is 0 Å². The van der Waals surface area contributed by atoms with E-state index >= 15 is 0 Å². The van der Waals surface area contributed by atoms with Gasteiger partial charge in [0.2, 0.25) is 10.0 Å². The molecule has 2 aromatic rings. The third kappa shape index (κ3) is 6.87. The Balaban J connectivity index is 1.81. The molecule has 0 saturated carbocycles. The topological polar surface area (TPSA) is 106 Å². The molecule has 0 fully saturated rings. The zero-order chi connectivity index (χ0) is 19.9. The van der Waals surface area contributed by atoms with E-state index in [-0.39, 0.29) is 16.8 Å². The van der Waals surface area contributed by atoms with E-state index in [4.69, 9.17) is 9.88 Å². The van der Waals surface area contributed by atoms with E-state index in [1.54, 1.807) is 31.3 Å². The summed E-state index contributed by atoms with van der Waals surface area (Å²) in [4.78, 5) is 4.18. The first-order valence-corrected chi connectivity index (χ1v) is 9.81. The molecule has 2 rings (SSSR count). The Kier molecular flexibility index (Phi) is 7.14. The highest BCUT2D eigenvalue weighted by Crippen LogP contribution is 2.13. The highest BCUT2D eigenvalue weighted by atomic mass is 32.2. The number of nitrogens with zero attached hydrogens (tertiary/aromatic N) is 1. The van der Waals surface area contributed by atoms with E-state index in [2.05, 4.69) is 15.6 Å². The molecule has 0 aliphatic rings. The fraction of sp³-hybridized carbons (Fsp3) is 0.278. The Hall–Kier alpha value is -2.65. The number of nitrogens with two attached hydrogens (primary N) is 1. The summed E-state index contributed by atoms with van der Waals surface area (Å²) in [5, 5.41) is 11.3. The van der Waals surface area contributed by atoms with Crippen molar-refractivity contribution in [3.05, 3.63) is 59.9 Å². The number of sulfonamides is 1. The lowest BCUT2D eigenvalue weighted by atomic mass is 10.2. The van der Waals surface area contributed by atoms with Crippen molar-refractivity contribution in [2.24, 2.45) is 10.1 Å². The summed E-state index contributed by atoms with van der Waals surface area (Å²) < 4.78 is 41.3. The molecule has 0 spiro atoms. The molecule has 0 bridgehead atoms. The number of nitrogens with one attached hydrogen (secondary N) is 2. The molecule has 0 amide bonds. The second-order valence-electron chi connectivity index (χ2n) is 5.88. The van der Waals surface area contributed by atoms with Gasteiger partial charge in [-0.2, -0.15) is 0 Å². The van der Waals surface area contributed by atoms with Crippen molar-refractivity contribution in [1.82, 2.24) is 10.6 Å². The number of hydrogen-bond acceptors (Lipinski definition) is 4. The maximum absolute atomic E-state index is 13.2. The quantitative estimate of drug-likeness (QED) is 0.489. The first-order valence-electron chi connectivity index (χ1n) is 8.26. The molecular weight excluding hydrogens is 371 g/mol. The second kappa shape index (κ2) is 9.33. The standard InChI is InChI=1S/C18H23FN4O3S/c1-13(26-16-5-3-4-15(19)10-16)11-22-18(21-2)23-12-14-6-8-17(9-7-14)27(20,24)25/h3-10,13H,11-12H2,1-2H3,(H2,20,24,25)(H2,21,22,23). The van der Waals surface area contributed by atoms with Crippen molar-refractivity contribution in [3.63, 3.8) is 0 Å². The molecule has 146 valence electrons. The molecule has 0 aliphatic carbocycles. The van der Waals surface area contributed by atoms with Gasteiger partial charge >= 0.3 is 0 Å². The fourth-order valence-electron chi connectivity index (χ4n) is 2.26. The Morgan fingerprint density at radius 3 is 2.52 bits per heavy atom. The van der Waals surface area contributed by atoms with Crippen LogP contribution < -0.4 is 20.5 Å². The highest BCUT2D eigenvalue weighted by molar-refractivity contribution is 7.89. The lowest BCUT2D eigenvalue weighted by Gasteiger charge is -2.18. The van der Waals surface area contributed by atoms with Gasteiger partial charge in [0.1, 0.15) is 17.7 Å². The van der Waals surface area contributed by atoms with Gasteiger partial charge in [-0.15, -0.1) is 0 Å². The molecule has 0 heterocycles. The van der Waals surface area contributed by atoms with E-state index in [0.717, 1.165) is 5.56 Å². The van der Waals surface area contributed by atoms with E-state index in [1.165, 1.54) is 24.3 Å². The minimum absolute atomic E-state index is 0.0667. The average Bonchev–Trinajstić information content (AvgIpc) is 2.61. The molecule has 1 unspecified atom stereocenters. The van der Waals surface area contributed by atoms with Crippen LogP contribution in [0, 0.1) is 5.82 Å². The van der Waals surface area contributed by atoms with Gasteiger partial charge in [0.25, 0.3) is 0 Å². The van der Waals surface area contributed by atoms with E-state index in [1.807, 2.05) is 6.92 Å². The molecule has 0 aromatic heterocycles. The molecule has 27 heavy (non-hydrogen) atoms. The third-order valence-corrected chi connectivity index (χ3v) is 4.55. The molecule has 0 saturated heterocycles. The molecule has 1 atom stereocenters. The van der Waals surface area contributed by atoms with Gasteiger partial charge in [0.05, 0.1) is 11.4 Å².